The standard InChI is InChI=1S/C21H38O6/c1-3-5-7-9-10-11-12-14-15-26-19(22)17-18(20(23)24)21(25)27-16-13-8-6-4-2/h18H,3-17H2,1-2H3,(H,23,24). The van der Waals surface area contributed by atoms with Crippen LogP contribution in [0.4, 0.5) is 0 Å². The molecular formula is C21H38O6. The Balaban J connectivity index is 3.88. The Morgan fingerprint density at radius 2 is 1.15 bits per heavy atom. The van der Waals surface area contributed by atoms with E-state index in [0.717, 1.165) is 38.5 Å². The molecule has 0 radical (unpaired) electrons. The van der Waals surface area contributed by atoms with Gasteiger partial charge in [-0.15, -0.1) is 0 Å². The molecule has 0 rings (SSSR count). The van der Waals surface area contributed by atoms with Crippen LogP contribution in [0.25, 0.3) is 0 Å². The Hall–Kier alpha value is -1.59. The van der Waals surface area contributed by atoms with Crippen LogP contribution in [-0.2, 0) is 23.9 Å². The Kier molecular flexibility index (Phi) is 16.8. The van der Waals surface area contributed by atoms with E-state index in [1.54, 1.807) is 0 Å². The number of rotatable bonds is 18. The van der Waals surface area contributed by atoms with Gasteiger partial charge >= 0.3 is 17.9 Å². The summed E-state index contributed by atoms with van der Waals surface area (Å²) in [5.74, 6) is -4.35. The molecule has 0 aliphatic heterocycles. The molecule has 6 nitrogen and oxygen atoms in total. The second-order valence-corrected chi connectivity index (χ2v) is 7.02. The maximum Gasteiger partial charge on any atom is 0.320 e. The first-order valence-electron chi connectivity index (χ1n) is 10.6. The highest BCUT2D eigenvalue weighted by Crippen LogP contribution is 2.11. The molecule has 0 aromatic rings. The van der Waals surface area contributed by atoms with E-state index in [1.807, 2.05) is 0 Å². The molecule has 27 heavy (non-hydrogen) atoms. The highest BCUT2D eigenvalue weighted by atomic mass is 16.5. The number of hydrogen-bond acceptors (Lipinski definition) is 5. The molecule has 0 amide bonds. The van der Waals surface area contributed by atoms with Crippen LogP contribution in [-0.4, -0.2) is 36.2 Å². The lowest BCUT2D eigenvalue weighted by Gasteiger charge is -2.12. The normalized spacial score (nSPS) is 11.8. The van der Waals surface area contributed by atoms with Crippen molar-refractivity contribution in [1.29, 1.82) is 0 Å². The summed E-state index contributed by atoms with van der Waals surface area (Å²) in [4.78, 5) is 34.9. The number of hydrogen-bond donors (Lipinski definition) is 1. The number of ether oxygens (including phenoxy) is 2. The number of esters is 2. The van der Waals surface area contributed by atoms with Gasteiger partial charge in [-0.25, -0.2) is 0 Å². The quantitative estimate of drug-likeness (QED) is 0.205. The SMILES string of the molecule is CCCCCCCCCCOC(=O)CC(C(=O)O)C(=O)OCCCCCC. The van der Waals surface area contributed by atoms with Crippen LogP contribution in [0.3, 0.4) is 0 Å². The summed E-state index contributed by atoms with van der Waals surface area (Å²) < 4.78 is 10.0. The van der Waals surface area contributed by atoms with Crippen LogP contribution >= 0.6 is 0 Å². The van der Waals surface area contributed by atoms with Gasteiger partial charge in [0.1, 0.15) is 0 Å². The lowest BCUT2D eigenvalue weighted by Crippen LogP contribution is -2.29. The van der Waals surface area contributed by atoms with Gasteiger partial charge in [0.15, 0.2) is 5.92 Å². The Morgan fingerprint density at radius 3 is 1.67 bits per heavy atom. The topological polar surface area (TPSA) is 89.9 Å². The van der Waals surface area contributed by atoms with Crippen molar-refractivity contribution in [2.45, 2.75) is 97.3 Å². The van der Waals surface area contributed by atoms with Crippen molar-refractivity contribution in [2.75, 3.05) is 13.2 Å². The van der Waals surface area contributed by atoms with E-state index < -0.39 is 30.2 Å². The molecule has 0 aliphatic carbocycles. The molecule has 158 valence electrons. The van der Waals surface area contributed by atoms with E-state index in [2.05, 4.69) is 13.8 Å². The van der Waals surface area contributed by atoms with Crippen molar-refractivity contribution in [2.24, 2.45) is 5.92 Å². The lowest BCUT2D eigenvalue weighted by molar-refractivity contribution is -0.164. The first-order valence-corrected chi connectivity index (χ1v) is 10.6. The largest absolute Gasteiger partial charge is 0.481 e. The third-order valence-electron chi connectivity index (χ3n) is 4.46. The van der Waals surface area contributed by atoms with E-state index in [1.165, 1.54) is 32.1 Å². The number of carbonyl (C=O) groups excluding carboxylic acids is 2. The zero-order valence-corrected chi connectivity index (χ0v) is 17.2. The van der Waals surface area contributed by atoms with Crippen LogP contribution in [0, 0.1) is 5.92 Å². The van der Waals surface area contributed by atoms with Crippen LogP contribution in [0.1, 0.15) is 97.3 Å². The second-order valence-electron chi connectivity index (χ2n) is 7.02. The Labute approximate surface area is 164 Å². The predicted molar refractivity (Wildman–Crippen MR) is 104 cm³/mol. The molecule has 6 heteroatoms. The lowest BCUT2D eigenvalue weighted by atomic mass is 10.1. The molecule has 0 aromatic heterocycles. The molecule has 0 bridgehead atoms. The predicted octanol–water partition coefficient (Wildman–Crippen LogP) is 4.88. The van der Waals surface area contributed by atoms with Crippen LogP contribution in [0.5, 0.6) is 0 Å². The minimum absolute atomic E-state index is 0.190. The molecule has 0 saturated heterocycles. The zero-order valence-electron chi connectivity index (χ0n) is 17.2. The van der Waals surface area contributed by atoms with E-state index in [-0.39, 0.29) is 13.2 Å². The molecule has 0 aromatic carbocycles. The van der Waals surface area contributed by atoms with Gasteiger partial charge in [0, 0.05) is 0 Å². The van der Waals surface area contributed by atoms with Gasteiger partial charge in [-0.05, 0) is 12.8 Å². The maximum absolute atomic E-state index is 11.9. The summed E-state index contributed by atoms with van der Waals surface area (Å²) in [5.41, 5.74) is 0. The molecule has 1 atom stereocenters. The first-order chi connectivity index (χ1) is 13.0. The van der Waals surface area contributed by atoms with Crippen LogP contribution in [0.15, 0.2) is 0 Å². The monoisotopic (exact) mass is 386 g/mol. The molecule has 0 spiro atoms. The summed E-state index contributed by atoms with van der Waals surface area (Å²) in [6, 6.07) is 0. The minimum atomic E-state index is -1.48. The zero-order chi connectivity index (χ0) is 20.3. The first kappa shape index (κ1) is 25.4. The van der Waals surface area contributed by atoms with Gasteiger partial charge in [-0.3, -0.25) is 14.4 Å². The third-order valence-corrected chi connectivity index (χ3v) is 4.46. The number of carboxylic acid groups (broad SMARTS) is 1. The fraction of sp³-hybridized carbons (Fsp3) is 0.857. The molecule has 0 fully saturated rings. The highest BCUT2D eigenvalue weighted by molar-refractivity contribution is 5.97. The summed E-state index contributed by atoms with van der Waals surface area (Å²) in [6.07, 6.45) is 12.4. The third kappa shape index (κ3) is 15.2. The number of carbonyl (C=O) groups is 3. The van der Waals surface area contributed by atoms with Crippen molar-refractivity contribution in [1.82, 2.24) is 0 Å². The van der Waals surface area contributed by atoms with Gasteiger partial charge in [0.05, 0.1) is 19.6 Å². The van der Waals surface area contributed by atoms with Crippen molar-refractivity contribution in [3.05, 3.63) is 0 Å². The molecule has 1 N–H and O–H groups in total. The number of aliphatic carboxylic acids is 1. The van der Waals surface area contributed by atoms with Crippen molar-refractivity contribution >= 4 is 17.9 Å². The minimum Gasteiger partial charge on any atom is -0.481 e. The van der Waals surface area contributed by atoms with Gasteiger partial charge < -0.3 is 14.6 Å². The van der Waals surface area contributed by atoms with Gasteiger partial charge in [0.2, 0.25) is 0 Å². The Bertz CT molecular complexity index is 407. The van der Waals surface area contributed by atoms with E-state index in [4.69, 9.17) is 14.6 Å². The van der Waals surface area contributed by atoms with Crippen molar-refractivity contribution in [3.8, 4) is 0 Å². The molecule has 0 aliphatic rings. The van der Waals surface area contributed by atoms with Crippen LogP contribution < -0.4 is 0 Å². The van der Waals surface area contributed by atoms with E-state index in [0.29, 0.717) is 6.42 Å². The van der Waals surface area contributed by atoms with Crippen molar-refractivity contribution in [3.63, 3.8) is 0 Å². The van der Waals surface area contributed by atoms with Gasteiger partial charge in [-0.2, -0.15) is 0 Å². The summed E-state index contributed by atoms with van der Waals surface area (Å²) in [5, 5.41) is 9.15. The molecule has 0 heterocycles. The second kappa shape index (κ2) is 17.8. The number of carboxylic acids is 1. The smallest absolute Gasteiger partial charge is 0.320 e. The summed E-state index contributed by atoms with van der Waals surface area (Å²) in [6.45, 7) is 4.73. The fourth-order valence-corrected chi connectivity index (χ4v) is 2.72. The van der Waals surface area contributed by atoms with Crippen LogP contribution in [0.2, 0.25) is 0 Å². The maximum atomic E-state index is 11.9. The van der Waals surface area contributed by atoms with Gasteiger partial charge in [-0.1, -0.05) is 78.1 Å². The fourth-order valence-electron chi connectivity index (χ4n) is 2.72. The van der Waals surface area contributed by atoms with E-state index >= 15 is 0 Å². The molecule has 1 unspecified atom stereocenters. The average molecular weight is 387 g/mol. The number of unbranched alkanes of at least 4 members (excludes halogenated alkanes) is 10. The molecular weight excluding hydrogens is 348 g/mol. The Morgan fingerprint density at radius 1 is 0.704 bits per heavy atom. The highest BCUT2D eigenvalue weighted by Gasteiger charge is 2.31. The summed E-state index contributed by atoms with van der Waals surface area (Å²) in [7, 11) is 0. The van der Waals surface area contributed by atoms with E-state index in [9.17, 15) is 14.4 Å². The average Bonchev–Trinajstić information content (AvgIpc) is 2.64. The summed E-state index contributed by atoms with van der Waals surface area (Å²) >= 11 is 0. The van der Waals surface area contributed by atoms with Gasteiger partial charge in [0.25, 0.3) is 0 Å². The van der Waals surface area contributed by atoms with Crippen molar-refractivity contribution < 1.29 is 29.0 Å². The molecule has 0 saturated carbocycles.